The number of rotatable bonds is 17. The van der Waals surface area contributed by atoms with Gasteiger partial charge in [0, 0.05) is 26.3 Å². The molecule has 3 rings (SSSR count). The number of benzene rings is 2. The second-order valence-electron chi connectivity index (χ2n) is 12.6. The number of amides is 6. The van der Waals surface area contributed by atoms with Gasteiger partial charge in [-0.1, -0.05) is 74.5 Å². The number of likely N-dealkylation sites (tertiary alicyclic amines) is 1. The predicted octanol–water partition coefficient (Wildman–Crippen LogP) is 0.428. The van der Waals surface area contributed by atoms with Crippen LogP contribution in [0.15, 0.2) is 60.7 Å². The fourth-order valence-electron chi connectivity index (χ4n) is 5.77. The number of carboxylic acid groups (broad SMARTS) is 1. The fraction of sp³-hybridized carbons (Fsp3) is 0.457. The molecule has 0 aromatic heterocycles. The first-order chi connectivity index (χ1) is 23.2. The zero-order valence-electron chi connectivity index (χ0n) is 28.0. The van der Waals surface area contributed by atoms with E-state index in [9.17, 15) is 38.7 Å². The van der Waals surface area contributed by atoms with Crippen LogP contribution >= 0.6 is 0 Å². The van der Waals surface area contributed by atoms with Crippen molar-refractivity contribution in [1.29, 1.82) is 0 Å². The van der Waals surface area contributed by atoms with Crippen molar-refractivity contribution in [2.75, 3.05) is 6.54 Å². The van der Waals surface area contributed by atoms with Gasteiger partial charge >= 0.3 is 5.97 Å². The summed E-state index contributed by atoms with van der Waals surface area (Å²) in [6, 6.07) is 11.9. The molecule has 0 aliphatic carbocycles. The maximum Gasteiger partial charge on any atom is 0.305 e. The number of primary amides is 1. The molecule has 6 amide bonds. The average Bonchev–Trinajstić information content (AvgIpc) is 3.54. The SMILES string of the molecule is CC(=O)N[C@@H](CC(C)C)C(=O)N1CCC[C@@H]1C(=O)N[C@@H](Cc1ccccc1)C(=O)N[C@@H](Cc1ccccc1)C(=O)N[C@@H](CC(=O)O)C(N)=O. The van der Waals surface area contributed by atoms with E-state index in [1.165, 1.54) is 11.8 Å². The summed E-state index contributed by atoms with van der Waals surface area (Å²) in [5, 5.41) is 19.7. The number of aliphatic carboxylic acids is 1. The molecular formula is C35H46N6O8. The molecule has 1 saturated heterocycles. The van der Waals surface area contributed by atoms with Crippen molar-refractivity contribution < 1.29 is 38.7 Å². The van der Waals surface area contributed by atoms with E-state index in [4.69, 9.17) is 5.73 Å². The lowest BCUT2D eigenvalue weighted by Crippen LogP contribution is -2.59. The van der Waals surface area contributed by atoms with Gasteiger partial charge in [0.2, 0.25) is 35.4 Å². The molecule has 2 aromatic carbocycles. The van der Waals surface area contributed by atoms with Crippen LogP contribution in [0.2, 0.25) is 0 Å². The molecule has 0 spiro atoms. The van der Waals surface area contributed by atoms with Gasteiger partial charge in [-0.15, -0.1) is 0 Å². The molecule has 5 atom stereocenters. The number of carbonyl (C=O) groups excluding carboxylic acids is 6. The lowest BCUT2D eigenvalue weighted by Gasteiger charge is -2.30. The molecule has 0 bridgehead atoms. The van der Waals surface area contributed by atoms with Gasteiger partial charge in [0.15, 0.2) is 0 Å². The van der Waals surface area contributed by atoms with Gasteiger partial charge in [0.05, 0.1) is 6.42 Å². The van der Waals surface area contributed by atoms with E-state index < -0.39 is 66.2 Å². The van der Waals surface area contributed by atoms with Crippen LogP contribution < -0.4 is 27.0 Å². The Morgan fingerprint density at radius 1 is 0.776 bits per heavy atom. The molecule has 14 heteroatoms. The highest BCUT2D eigenvalue weighted by Crippen LogP contribution is 2.21. The lowest BCUT2D eigenvalue weighted by molar-refractivity contribution is -0.142. The Bertz CT molecular complexity index is 1490. The second kappa shape index (κ2) is 18.3. The molecule has 0 radical (unpaired) electrons. The van der Waals surface area contributed by atoms with Crippen LogP contribution in [-0.2, 0) is 46.4 Å². The third-order valence-corrected chi connectivity index (χ3v) is 8.09. The minimum atomic E-state index is -1.53. The second-order valence-corrected chi connectivity index (χ2v) is 12.6. The smallest absolute Gasteiger partial charge is 0.305 e. The van der Waals surface area contributed by atoms with Crippen molar-refractivity contribution >= 4 is 41.4 Å². The molecule has 1 aliphatic rings. The van der Waals surface area contributed by atoms with Gasteiger partial charge in [0.1, 0.15) is 30.2 Å². The zero-order chi connectivity index (χ0) is 36.1. The number of nitrogens with zero attached hydrogens (tertiary/aromatic N) is 1. The van der Waals surface area contributed by atoms with Crippen molar-refractivity contribution in [1.82, 2.24) is 26.2 Å². The van der Waals surface area contributed by atoms with E-state index in [1.807, 2.05) is 13.8 Å². The molecule has 1 aliphatic heterocycles. The number of carboxylic acids is 1. The summed E-state index contributed by atoms with van der Waals surface area (Å²) >= 11 is 0. The van der Waals surface area contributed by atoms with Crippen LogP contribution in [0.1, 0.15) is 57.6 Å². The Balaban J connectivity index is 1.87. The van der Waals surface area contributed by atoms with Crippen LogP contribution in [-0.4, -0.2) is 88.2 Å². The van der Waals surface area contributed by atoms with Crippen LogP contribution in [0.5, 0.6) is 0 Å². The fourth-order valence-corrected chi connectivity index (χ4v) is 5.77. The van der Waals surface area contributed by atoms with Crippen molar-refractivity contribution in [2.24, 2.45) is 11.7 Å². The molecule has 49 heavy (non-hydrogen) atoms. The highest BCUT2D eigenvalue weighted by Gasteiger charge is 2.39. The topological polar surface area (TPSA) is 217 Å². The maximum absolute atomic E-state index is 13.9. The Kier molecular flexibility index (Phi) is 14.3. The third-order valence-electron chi connectivity index (χ3n) is 8.09. The highest BCUT2D eigenvalue weighted by molar-refractivity contribution is 5.97. The molecule has 2 aromatic rings. The van der Waals surface area contributed by atoms with Crippen LogP contribution in [0, 0.1) is 5.92 Å². The largest absolute Gasteiger partial charge is 0.481 e. The summed E-state index contributed by atoms with van der Waals surface area (Å²) < 4.78 is 0. The Morgan fingerprint density at radius 2 is 1.29 bits per heavy atom. The molecule has 14 nitrogen and oxygen atoms in total. The van der Waals surface area contributed by atoms with E-state index in [-0.39, 0.29) is 30.6 Å². The molecule has 1 heterocycles. The van der Waals surface area contributed by atoms with Crippen LogP contribution in [0.25, 0.3) is 0 Å². The quantitative estimate of drug-likeness (QED) is 0.138. The van der Waals surface area contributed by atoms with Gasteiger partial charge in [-0.2, -0.15) is 0 Å². The summed E-state index contributed by atoms with van der Waals surface area (Å²) in [5.74, 6) is -5.17. The van der Waals surface area contributed by atoms with Gasteiger partial charge in [-0.3, -0.25) is 33.6 Å². The van der Waals surface area contributed by atoms with E-state index in [2.05, 4.69) is 21.3 Å². The molecule has 7 N–H and O–H groups in total. The summed E-state index contributed by atoms with van der Waals surface area (Å²) in [4.78, 5) is 91.3. The van der Waals surface area contributed by atoms with Crippen molar-refractivity contribution in [3.05, 3.63) is 71.8 Å². The van der Waals surface area contributed by atoms with Crippen LogP contribution in [0.3, 0.4) is 0 Å². The number of nitrogens with two attached hydrogens (primary N) is 1. The van der Waals surface area contributed by atoms with E-state index in [0.717, 1.165) is 0 Å². The third kappa shape index (κ3) is 12.0. The van der Waals surface area contributed by atoms with Crippen molar-refractivity contribution in [3.63, 3.8) is 0 Å². The van der Waals surface area contributed by atoms with Crippen molar-refractivity contribution in [2.45, 2.75) is 89.5 Å². The maximum atomic E-state index is 13.9. The monoisotopic (exact) mass is 678 g/mol. The average molecular weight is 679 g/mol. The molecule has 1 fully saturated rings. The van der Waals surface area contributed by atoms with E-state index >= 15 is 0 Å². The normalized spacial score (nSPS) is 16.5. The first kappa shape index (κ1) is 38.2. The van der Waals surface area contributed by atoms with Crippen molar-refractivity contribution in [3.8, 4) is 0 Å². The predicted molar refractivity (Wildman–Crippen MR) is 179 cm³/mol. The molecule has 0 unspecified atom stereocenters. The van der Waals surface area contributed by atoms with Gasteiger partial charge in [-0.05, 0) is 36.3 Å². The van der Waals surface area contributed by atoms with Crippen LogP contribution in [0.4, 0.5) is 0 Å². The lowest BCUT2D eigenvalue weighted by atomic mass is 10.0. The highest BCUT2D eigenvalue weighted by atomic mass is 16.4. The summed E-state index contributed by atoms with van der Waals surface area (Å²) in [5.41, 5.74) is 6.71. The molecule has 264 valence electrons. The Labute approximate surface area is 285 Å². The summed E-state index contributed by atoms with van der Waals surface area (Å²) in [6.45, 7) is 5.48. The number of carbonyl (C=O) groups is 7. The number of nitrogens with one attached hydrogen (secondary N) is 4. The molecule has 0 saturated carbocycles. The Hall–Kier alpha value is -5.27. The van der Waals surface area contributed by atoms with Gasteiger partial charge in [0.25, 0.3) is 0 Å². The number of hydrogen-bond acceptors (Lipinski definition) is 7. The zero-order valence-corrected chi connectivity index (χ0v) is 28.0. The van der Waals surface area contributed by atoms with Gasteiger partial charge < -0.3 is 37.0 Å². The number of hydrogen-bond donors (Lipinski definition) is 6. The minimum absolute atomic E-state index is 0.0196. The minimum Gasteiger partial charge on any atom is -0.481 e. The van der Waals surface area contributed by atoms with Gasteiger partial charge in [-0.25, -0.2) is 0 Å². The summed E-state index contributed by atoms with van der Waals surface area (Å²) in [7, 11) is 0. The Morgan fingerprint density at radius 3 is 1.76 bits per heavy atom. The first-order valence-corrected chi connectivity index (χ1v) is 16.3. The van der Waals surface area contributed by atoms with E-state index in [0.29, 0.717) is 36.9 Å². The molecular weight excluding hydrogens is 632 g/mol. The van der Waals surface area contributed by atoms with E-state index in [1.54, 1.807) is 60.7 Å². The standard InChI is InChI=1S/C35H46N6O8/c1-21(2)17-28(37-22(3)42)35(49)41-16-10-15-29(41)34(48)40-27(19-24-13-8-5-9-14-24)33(47)39-26(18-23-11-6-4-7-12-23)32(46)38-25(31(36)45)20-30(43)44/h4-9,11-14,21,25-29H,10,15-20H2,1-3H3,(H2,36,45)(H,37,42)(H,38,46)(H,39,47)(H,40,48)(H,43,44)/t25-,26-,27-,28-,29+/m0/s1. The first-order valence-electron chi connectivity index (χ1n) is 16.3. The summed E-state index contributed by atoms with van der Waals surface area (Å²) in [6.07, 6.45) is 0.553.